The molecule has 0 bridgehead atoms. The molecule has 6 heteroatoms. The van der Waals surface area contributed by atoms with Gasteiger partial charge in [-0.25, -0.2) is 4.98 Å². The Morgan fingerprint density at radius 1 is 1.25 bits per heavy atom. The SMILES string of the molecule is O=C(Cn1cnc2ccsc2c1=O)Nc1ccccc1. The summed E-state index contributed by atoms with van der Waals surface area (Å²) in [6.45, 7) is -0.0471. The van der Waals surface area contributed by atoms with Gasteiger partial charge in [-0.15, -0.1) is 11.3 Å². The Labute approximate surface area is 118 Å². The van der Waals surface area contributed by atoms with E-state index in [4.69, 9.17) is 0 Å². The van der Waals surface area contributed by atoms with Gasteiger partial charge in [0.2, 0.25) is 5.91 Å². The summed E-state index contributed by atoms with van der Waals surface area (Å²) in [4.78, 5) is 28.2. The predicted octanol–water partition coefficient (Wildman–Crippen LogP) is 2.10. The molecule has 1 N–H and O–H groups in total. The molecule has 0 aliphatic heterocycles. The lowest BCUT2D eigenvalue weighted by molar-refractivity contribution is -0.116. The Hall–Kier alpha value is -2.47. The van der Waals surface area contributed by atoms with Gasteiger partial charge in [0.1, 0.15) is 11.2 Å². The van der Waals surface area contributed by atoms with Gasteiger partial charge in [-0.3, -0.25) is 14.2 Å². The van der Waals surface area contributed by atoms with Gasteiger partial charge in [-0.05, 0) is 23.6 Å². The van der Waals surface area contributed by atoms with Crippen LogP contribution in [0.5, 0.6) is 0 Å². The topological polar surface area (TPSA) is 64.0 Å². The van der Waals surface area contributed by atoms with Gasteiger partial charge in [0.25, 0.3) is 5.56 Å². The third-order valence-corrected chi connectivity index (χ3v) is 3.70. The van der Waals surface area contributed by atoms with E-state index in [0.717, 1.165) is 0 Å². The number of para-hydroxylation sites is 1. The lowest BCUT2D eigenvalue weighted by Gasteiger charge is -2.06. The fourth-order valence-corrected chi connectivity index (χ4v) is 2.66. The molecular weight excluding hydrogens is 274 g/mol. The summed E-state index contributed by atoms with van der Waals surface area (Å²) in [6.07, 6.45) is 1.40. The van der Waals surface area contributed by atoms with Crippen LogP contribution >= 0.6 is 11.3 Å². The minimum atomic E-state index is -0.254. The van der Waals surface area contributed by atoms with Gasteiger partial charge in [0, 0.05) is 5.69 Å². The van der Waals surface area contributed by atoms with E-state index in [1.165, 1.54) is 22.2 Å². The number of nitrogens with one attached hydrogen (secondary N) is 1. The normalized spacial score (nSPS) is 10.6. The first-order valence-electron chi connectivity index (χ1n) is 6.01. The number of benzene rings is 1. The van der Waals surface area contributed by atoms with Crippen LogP contribution in [0.2, 0.25) is 0 Å². The average Bonchev–Trinajstić information content (AvgIpc) is 2.92. The first kappa shape index (κ1) is 12.6. The largest absolute Gasteiger partial charge is 0.325 e. The summed E-state index contributed by atoms with van der Waals surface area (Å²) in [7, 11) is 0. The van der Waals surface area contributed by atoms with Gasteiger partial charge >= 0.3 is 0 Å². The lowest BCUT2D eigenvalue weighted by Crippen LogP contribution is -2.27. The highest BCUT2D eigenvalue weighted by molar-refractivity contribution is 7.17. The van der Waals surface area contributed by atoms with Gasteiger partial charge in [0.05, 0.1) is 11.8 Å². The first-order valence-corrected chi connectivity index (χ1v) is 6.89. The van der Waals surface area contributed by atoms with Crippen molar-refractivity contribution >= 4 is 33.1 Å². The maximum absolute atomic E-state index is 12.1. The van der Waals surface area contributed by atoms with Crippen molar-refractivity contribution in [1.82, 2.24) is 9.55 Å². The number of carbonyl (C=O) groups is 1. The summed E-state index contributed by atoms with van der Waals surface area (Å²) in [5, 5.41) is 4.55. The van der Waals surface area contributed by atoms with Gasteiger partial charge < -0.3 is 5.32 Å². The van der Waals surface area contributed by atoms with E-state index in [1.54, 1.807) is 18.2 Å². The van der Waals surface area contributed by atoms with E-state index in [-0.39, 0.29) is 18.0 Å². The molecule has 0 atom stereocenters. The number of carbonyl (C=O) groups excluding carboxylic acids is 1. The number of aromatic nitrogens is 2. The second-order valence-electron chi connectivity index (χ2n) is 4.23. The van der Waals surface area contributed by atoms with Crippen LogP contribution in [0, 0.1) is 0 Å². The zero-order valence-electron chi connectivity index (χ0n) is 10.4. The maximum Gasteiger partial charge on any atom is 0.271 e. The molecule has 0 aliphatic rings. The second-order valence-corrected chi connectivity index (χ2v) is 5.14. The van der Waals surface area contributed by atoms with Gasteiger partial charge in [-0.2, -0.15) is 0 Å². The number of amides is 1. The minimum absolute atomic E-state index is 0.0471. The summed E-state index contributed by atoms with van der Waals surface area (Å²) < 4.78 is 1.89. The Morgan fingerprint density at radius 2 is 2.05 bits per heavy atom. The van der Waals surface area contributed by atoms with Crippen LogP contribution in [0.3, 0.4) is 0 Å². The fraction of sp³-hybridized carbons (Fsp3) is 0.0714. The number of hydrogen-bond acceptors (Lipinski definition) is 4. The molecule has 0 fully saturated rings. The smallest absolute Gasteiger partial charge is 0.271 e. The number of hydrogen-bond donors (Lipinski definition) is 1. The number of fused-ring (bicyclic) bond motifs is 1. The summed E-state index contributed by atoms with van der Waals surface area (Å²) >= 11 is 1.33. The molecule has 0 spiro atoms. The molecule has 0 radical (unpaired) electrons. The molecule has 1 amide bonds. The number of anilines is 1. The molecule has 0 aliphatic carbocycles. The number of nitrogens with zero attached hydrogens (tertiary/aromatic N) is 2. The third kappa shape index (κ3) is 2.46. The quantitative estimate of drug-likeness (QED) is 0.801. The summed E-state index contributed by atoms with van der Waals surface area (Å²) in [5.74, 6) is -0.254. The van der Waals surface area contributed by atoms with Crippen LogP contribution in [-0.2, 0) is 11.3 Å². The Morgan fingerprint density at radius 3 is 2.85 bits per heavy atom. The second kappa shape index (κ2) is 5.26. The van der Waals surface area contributed by atoms with E-state index < -0.39 is 0 Å². The first-order chi connectivity index (χ1) is 9.74. The van der Waals surface area contributed by atoms with E-state index in [0.29, 0.717) is 15.9 Å². The van der Waals surface area contributed by atoms with Crippen molar-refractivity contribution in [3.05, 3.63) is 58.5 Å². The van der Waals surface area contributed by atoms with Crippen molar-refractivity contribution in [3.63, 3.8) is 0 Å². The monoisotopic (exact) mass is 285 g/mol. The van der Waals surface area contributed by atoms with E-state index in [9.17, 15) is 9.59 Å². The summed E-state index contributed by atoms with van der Waals surface area (Å²) in [5.41, 5.74) is 1.18. The Bertz CT molecular complexity index is 808. The standard InChI is InChI=1S/C14H11N3O2S/c18-12(16-10-4-2-1-3-5-10)8-17-9-15-11-6-7-20-13(11)14(17)19/h1-7,9H,8H2,(H,16,18). The molecule has 20 heavy (non-hydrogen) atoms. The zero-order chi connectivity index (χ0) is 13.9. The molecule has 0 saturated carbocycles. The van der Waals surface area contributed by atoms with Crippen LogP contribution < -0.4 is 10.9 Å². The highest BCUT2D eigenvalue weighted by atomic mass is 32.1. The van der Waals surface area contributed by atoms with Crippen LogP contribution in [-0.4, -0.2) is 15.5 Å². The highest BCUT2D eigenvalue weighted by Crippen LogP contribution is 2.13. The van der Waals surface area contributed by atoms with Gasteiger partial charge in [-0.1, -0.05) is 18.2 Å². The highest BCUT2D eigenvalue weighted by Gasteiger charge is 2.09. The van der Waals surface area contributed by atoms with Crippen LogP contribution in [0.25, 0.3) is 10.2 Å². The molecule has 100 valence electrons. The molecule has 3 rings (SSSR count). The predicted molar refractivity (Wildman–Crippen MR) is 79.0 cm³/mol. The van der Waals surface area contributed by atoms with Gasteiger partial charge in [0.15, 0.2) is 0 Å². The summed E-state index contributed by atoms with van der Waals surface area (Å²) in [6, 6.07) is 10.9. The Balaban J connectivity index is 1.81. The van der Waals surface area contributed by atoms with E-state index in [2.05, 4.69) is 10.3 Å². The third-order valence-electron chi connectivity index (χ3n) is 2.81. The average molecular weight is 285 g/mol. The Kier molecular flexibility index (Phi) is 3.30. The van der Waals surface area contributed by atoms with Crippen molar-refractivity contribution in [2.45, 2.75) is 6.54 Å². The van der Waals surface area contributed by atoms with Crippen molar-refractivity contribution < 1.29 is 4.79 Å². The van der Waals surface area contributed by atoms with E-state index in [1.807, 2.05) is 23.6 Å². The van der Waals surface area contributed by atoms with Crippen molar-refractivity contribution in [3.8, 4) is 0 Å². The van der Waals surface area contributed by atoms with Crippen LogP contribution in [0.4, 0.5) is 5.69 Å². The molecule has 2 heterocycles. The molecule has 1 aromatic carbocycles. The minimum Gasteiger partial charge on any atom is -0.325 e. The van der Waals surface area contributed by atoms with E-state index >= 15 is 0 Å². The number of thiophene rings is 1. The molecule has 0 unspecified atom stereocenters. The van der Waals surface area contributed by atoms with Crippen molar-refractivity contribution in [2.24, 2.45) is 0 Å². The van der Waals surface area contributed by atoms with Crippen LogP contribution in [0.1, 0.15) is 0 Å². The zero-order valence-corrected chi connectivity index (χ0v) is 11.3. The molecular formula is C14H11N3O2S. The molecule has 5 nitrogen and oxygen atoms in total. The maximum atomic E-state index is 12.1. The van der Waals surface area contributed by atoms with Crippen molar-refractivity contribution in [1.29, 1.82) is 0 Å². The molecule has 0 saturated heterocycles. The number of rotatable bonds is 3. The lowest BCUT2D eigenvalue weighted by atomic mass is 10.3. The van der Waals surface area contributed by atoms with Crippen molar-refractivity contribution in [2.75, 3.05) is 5.32 Å². The fourth-order valence-electron chi connectivity index (χ4n) is 1.87. The van der Waals surface area contributed by atoms with Crippen LogP contribution in [0.15, 0.2) is 52.9 Å². The molecule has 3 aromatic rings. The molecule has 2 aromatic heterocycles.